The number of aliphatic hydroxyl groups is 1. The third-order valence-corrected chi connectivity index (χ3v) is 3.31. The van der Waals surface area contributed by atoms with E-state index in [-0.39, 0.29) is 5.92 Å². The van der Waals surface area contributed by atoms with Gasteiger partial charge in [-0.3, -0.25) is 9.59 Å². The fourth-order valence-electron chi connectivity index (χ4n) is 2.10. The highest BCUT2D eigenvalue weighted by molar-refractivity contribution is 5.88. The van der Waals surface area contributed by atoms with E-state index < -0.39 is 24.0 Å². The Bertz CT molecular complexity index is 329. The quantitative estimate of drug-likeness (QED) is 0.379. The minimum atomic E-state index is -1.08. The van der Waals surface area contributed by atoms with Gasteiger partial charge < -0.3 is 16.2 Å². The van der Waals surface area contributed by atoms with Gasteiger partial charge in [0.15, 0.2) is 0 Å². The molecule has 0 rings (SSSR count). The molecule has 0 fully saturated rings. The number of aliphatic hydroxyl groups excluding tert-OH is 1. The van der Waals surface area contributed by atoms with Crippen molar-refractivity contribution in [3.63, 3.8) is 0 Å². The van der Waals surface area contributed by atoms with E-state index in [4.69, 9.17) is 5.73 Å². The number of carbonyl (C=O) groups excluding carboxylic acids is 2. The van der Waals surface area contributed by atoms with Crippen LogP contribution >= 0.6 is 0 Å². The molecule has 0 unspecified atom stereocenters. The first-order chi connectivity index (χ1) is 9.88. The number of rotatable bonds is 12. The summed E-state index contributed by atoms with van der Waals surface area (Å²) in [6.07, 6.45) is 6.67. The molecule has 0 aliphatic rings. The SMILES string of the molecule is C=CCCCCCC[C@H](NC(=O)[C@H](O)CC(C)C)C(N)=O. The molecule has 2 atom stereocenters. The molecule has 0 spiro atoms. The van der Waals surface area contributed by atoms with E-state index in [1.807, 2.05) is 19.9 Å². The van der Waals surface area contributed by atoms with E-state index in [1.54, 1.807) is 0 Å². The molecule has 0 saturated carbocycles. The van der Waals surface area contributed by atoms with E-state index in [2.05, 4.69) is 11.9 Å². The molecule has 2 amide bonds. The summed E-state index contributed by atoms with van der Waals surface area (Å²) in [7, 11) is 0. The Balaban J connectivity index is 4.09. The van der Waals surface area contributed by atoms with Gasteiger partial charge >= 0.3 is 0 Å². The average molecular weight is 298 g/mol. The lowest BCUT2D eigenvalue weighted by Gasteiger charge is -2.19. The van der Waals surface area contributed by atoms with Gasteiger partial charge in [0.25, 0.3) is 0 Å². The van der Waals surface area contributed by atoms with Crippen molar-refractivity contribution in [1.82, 2.24) is 5.32 Å². The third-order valence-electron chi connectivity index (χ3n) is 3.31. The summed E-state index contributed by atoms with van der Waals surface area (Å²) in [6, 6.07) is -0.696. The number of hydrogen-bond donors (Lipinski definition) is 3. The predicted octanol–water partition coefficient (Wildman–Crippen LogP) is 1.89. The van der Waals surface area contributed by atoms with E-state index in [1.165, 1.54) is 0 Å². The largest absolute Gasteiger partial charge is 0.383 e. The molecule has 0 aromatic rings. The molecule has 0 bridgehead atoms. The molecule has 0 saturated heterocycles. The molecule has 0 aliphatic carbocycles. The van der Waals surface area contributed by atoms with Crippen LogP contribution in [0.15, 0.2) is 12.7 Å². The van der Waals surface area contributed by atoms with Crippen molar-refractivity contribution in [3.8, 4) is 0 Å². The van der Waals surface area contributed by atoms with Gasteiger partial charge in [-0.1, -0.05) is 39.2 Å². The van der Waals surface area contributed by atoms with Gasteiger partial charge in [-0.05, 0) is 31.6 Å². The van der Waals surface area contributed by atoms with Crippen molar-refractivity contribution in [2.75, 3.05) is 0 Å². The van der Waals surface area contributed by atoms with Gasteiger partial charge in [-0.15, -0.1) is 6.58 Å². The molecule has 0 radical (unpaired) electrons. The van der Waals surface area contributed by atoms with E-state index >= 15 is 0 Å². The molecule has 21 heavy (non-hydrogen) atoms. The van der Waals surface area contributed by atoms with Gasteiger partial charge in [-0.2, -0.15) is 0 Å². The van der Waals surface area contributed by atoms with Crippen LogP contribution in [0.4, 0.5) is 0 Å². The number of hydrogen-bond acceptors (Lipinski definition) is 3. The van der Waals surface area contributed by atoms with Crippen molar-refractivity contribution >= 4 is 11.8 Å². The van der Waals surface area contributed by atoms with Gasteiger partial charge in [0.1, 0.15) is 12.1 Å². The summed E-state index contributed by atoms with van der Waals surface area (Å²) in [4.78, 5) is 23.1. The van der Waals surface area contributed by atoms with Crippen LogP contribution in [-0.2, 0) is 9.59 Å². The first kappa shape index (κ1) is 19.6. The lowest BCUT2D eigenvalue weighted by Crippen LogP contribution is -2.48. The number of nitrogens with two attached hydrogens (primary N) is 1. The summed E-state index contributed by atoms with van der Waals surface area (Å²) in [5, 5.41) is 12.3. The van der Waals surface area contributed by atoms with Gasteiger partial charge in [0.2, 0.25) is 11.8 Å². The fourth-order valence-corrected chi connectivity index (χ4v) is 2.10. The van der Waals surface area contributed by atoms with E-state index in [0.717, 1.165) is 32.1 Å². The topological polar surface area (TPSA) is 92.4 Å². The minimum Gasteiger partial charge on any atom is -0.383 e. The second-order valence-corrected chi connectivity index (χ2v) is 5.89. The van der Waals surface area contributed by atoms with Gasteiger partial charge in [0.05, 0.1) is 0 Å². The van der Waals surface area contributed by atoms with Crippen molar-refractivity contribution in [2.45, 2.75) is 70.9 Å². The number of primary amides is 1. The maximum absolute atomic E-state index is 11.8. The normalized spacial score (nSPS) is 13.7. The lowest BCUT2D eigenvalue weighted by molar-refractivity contribution is -0.133. The molecular formula is C16H30N2O3. The van der Waals surface area contributed by atoms with Crippen molar-refractivity contribution < 1.29 is 14.7 Å². The maximum Gasteiger partial charge on any atom is 0.249 e. The lowest BCUT2D eigenvalue weighted by atomic mass is 10.0. The summed E-state index contributed by atoms with van der Waals surface area (Å²) in [6.45, 7) is 7.51. The number of unbranched alkanes of at least 4 members (excludes halogenated alkanes) is 4. The number of amides is 2. The molecule has 5 nitrogen and oxygen atoms in total. The Morgan fingerprint density at radius 2 is 1.86 bits per heavy atom. The van der Waals surface area contributed by atoms with E-state index in [9.17, 15) is 14.7 Å². The van der Waals surface area contributed by atoms with Crippen LogP contribution in [0.1, 0.15) is 58.8 Å². The average Bonchev–Trinajstić information content (AvgIpc) is 2.39. The molecule has 0 aromatic carbocycles. The summed E-state index contributed by atoms with van der Waals surface area (Å²) in [5.74, 6) is -0.854. The highest BCUT2D eigenvalue weighted by Gasteiger charge is 2.22. The standard InChI is InChI=1S/C16H30N2O3/c1-4-5-6-7-8-9-10-13(15(17)20)18-16(21)14(19)11-12(2)3/h4,12-14,19H,1,5-11H2,2-3H3,(H2,17,20)(H,18,21)/t13-,14+/m0/s1. The zero-order valence-corrected chi connectivity index (χ0v) is 13.3. The number of carbonyl (C=O) groups is 2. The Morgan fingerprint density at radius 1 is 1.24 bits per heavy atom. The second kappa shape index (κ2) is 11.3. The Labute approximate surface area is 128 Å². The highest BCUT2D eigenvalue weighted by atomic mass is 16.3. The van der Waals surface area contributed by atoms with Crippen molar-refractivity contribution in [1.29, 1.82) is 0 Å². The molecule has 0 aliphatic heterocycles. The summed E-state index contributed by atoms with van der Waals surface area (Å²) < 4.78 is 0. The van der Waals surface area contributed by atoms with E-state index in [0.29, 0.717) is 12.8 Å². The zero-order valence-electron chi connectivity index (χ0n) is 13.3. The Morgan fingerprint density at radius 3 is 2.38 bits per heavy atom. The Hall–Kier alpha value is -1.36. The van der Waals surface area contributed by atoms with Crippen LogP contribution in [0.25, 0.3) is 0 Å². The van der Waals surface area contributed by atoms with Crippen LogP contribution in [0.2, 0.25) is 0 Å². The predicted molar refractivity (Wildman–Crippen MR) is 84.5 cm³/mol. The van der Waals surface area contributed by atoms with Gasteiger partial charge in [-0.25, -0.2) is 0 Å². The van der Waals surface area contributed by atoms with Crippen LogP contribution in [0.5, 0.6) is 0 Å². The smallest absolute Gasteiger partial charge is 0.249 e. The minimum absolute atomic E-state index is 0.211. The number of allylic oxidation sites excluding steroid dienone is 1. The van der Waals surface area contributed by atoms with Crippen LogP contribution in [0, 0.1) is 5.92 Å². The van der Waals surface area contributed by atoms with Crippen LogP contribution in [0.3, 0.4) is 0 Å². The van der Waals surface area contributed by atoms with Gasteiger partial charge in [0, 0.05) is 0 Å². The van der Waals surface area contributed by atoms with Crippen LogP contribution in [-0.4, -0.2) is 29.1 Å². The first-order valence-corrected chi connectivity index (χ1v) is 7.77. The highest BCUT2D eigenvalue weighted by Crippen LogP contribution is 2.09. The molecule has 0 aromatic heterocycles. The summed E-state index contributed by atoms with van der Waals surface area (Å²) >= 11 is 0. The summed E-state index contributed by atoms with van der Waals surface area (Å²) in [5.41, 5.74) is 5.30. The van der Waals surface area contributed by atoms with Crippen molar-refractivity contribution in [3.05, 3.63) is 12.7 Å². The number of nitrogens with one attached hydrogen (secondary N) is 1. The van der Waals surface area contributed by atoms with Crippen LogP contribution < -0.4 is 11.1 Å². The first-order valence-electron chi connectivity index (χ1n) is 7.77. The molecule has 5 heteroatoms. The second-order valence-electron chi connectivity index (χ2n) is 5.89. The zero-order chi connectivity index (χ0) is 16.3. The monoisotopic (exact) mass is 298 g/mol. The van der Waals surface area contributed by atoms with Crippen molar-refractivity contribution in [2.24, 2.45) is 11.7 Å². The molecule has 0 heterocycles. The fraction of sp³-hybridized carbons (Fsp3) is 0.750. The molecular weight excluding hydrogens is 268 g/mol. The molecule has 4 N–H and O–H groups in total. The third kappa shape index (κ3) is 10.1. The maximum atomic E-state index is 11.8. The Kier molecular flexibility index (Phi) is 10.6. The molecule has 122 valence electrons.